The Balaban J connectivity index is 1.92. The third-order valence-electron chi connectivity index (χ3n) is 6.55. The van der Waals surface area contributed by atoms with E-state index < -0.39 is 6.89 Å². The van der Waals surface area contributed by atoms with Crippen molar-refractivity contribution in [2.24, 2.45) is 0 Å². The summed E-state index contributed by atoms with van der Waals surface area (Å²) in [5.74, 6) is 0.0247. The zero-order valence-corrected chi connectivity index (χ0v) is 21.8. The molecule has 180 valence electrons. The first-order chi connectivity index (χ1) is 18.2. The van der Waals surface area contributed by atoms with Gasteiger partial charge in [0.2, 0.25) is 0 Å². The van der Waals surface area contributed by atoms with Crippen molar-refractivity contribution in [3.63, 3.8) is 0 Å². The van der Waals surface area contributed by atoms with Gasteiger partial charge in [0.25, 0.3) is 0 Å². The summed E-state index contributed by atoms with van der Waals surface area (Å²) < 4.78 is 0. The van der Waals surface area contributed by atoms with Crippen LogP contribution in [0.5, 0.6) is 0 Å². The van der Waals surface area contributed by atoms with Gasteiger partial charge in [0, 0.05) is 5.29 Å². The summed E-state index contributed by atoms with van der Waals surface area (Å²) in [6.45, 7) is -0.487. The Kier molecular flexibility index (Phi) is 7.45. The van der Waals surface area contributed by atoms with Crippen LogP contribution in [0.25, 0.3) is 6.08 Å². The molecule has 1 nitrogen and oxygen atoms in total. The highest BCUT2D eigenvalue weighted by Gasteiger charge is 2.33. The van der Waals surface area contributed by atoms with Crippen molar-refractivity contribution in [2.75, 3.05) is 0 Å². The van der Waals surface area contributed by atoms with E-state index in [0.29, 0.717) is 0 Å². The van der Waals surface area contributed by atoms with E-state index in [1.54, 1.807) is 6.08 Å². The van der Waals surface area contributed by atoms with E-state index in [4.69, 9.17) is 0 Å². The van der Waals surface area contributed by atoms with E-state index in [0.717, 1.165) is 32.3 Å². The molecule has 0 unspecified atom stereocenters. The number of rotatable bonds is 7. The predicted molar refractivity (Wildman–Crippen MR) is 161 cm³/mol. The third kappa shape index (κ3) is 5.05. The van der Waals surface area contributed by atoms with E-state index in [1.165, 1.54) is 5.56 Å². The molecule has 0 spiro atoms. The lowest BCUT2D eigenvalue weighted by molar-refractivity contribution is -0.108. The molecular weight excluding hydrogens is 467 g/mol. The largest absolute Gasteiger partial charge is 0.289 e. The molecule has 0 aromatic heterocycles. The molecule has 0 bridgehead atoms. The fraction of sp³-hybridized carbons (Fsp3) is 0.0286. The fourth-order valence-electron chi connectivity index (χ4n) is 4.81. The number of hydrogen-bond donors (Lipinski definition) is 0. The molecule has 0 radical (unpaired) electrons. The molecule has 5 aromatic rings. The second-order valence-electron chi connectivity index (χ2n) is 9.00. The minimum Gasteiger partial charge on any atom is -0.289 e. The van der Waals surface area contributed by atoms with Crippen LogP contribution in [0.2, 0.25) is 0 Å². The van der Waals surface area contributed by atoms with Gasteiger partial charge in [-0.1, -0.05) is 157 Å². The maximum absolute atomic E-state index is 14.5. The third-order valence-corrected chi connectivity index (χ3v) is 10.9. The quantitative estimate of drug-likeness (QED) is 0.179. The Labute approximate surface area is 219 Å². The lowest BCUT2D eigenvalue weighted by Gasteiger charge is -2.32. The molecule has 0 aliphatic rings. The molecule has 0 heterocycles. The Morgan fingerprint density at radius 1 is 0.541 bits per heavy atom. The number of carbonyl (C=O) groups is 1. The van der Waals surface area contributed by atoms with Gasteiger partial charge in [0.15, 0.2) is 5.78 Å². The molecule has 0 aliphatic carbocycles. The predicted octanol–water partition coefficient (Wildman–Crippen LogP) is 6.79. The van der Waals surface area contributed by atoms with Crippen molar-refractivity contribution in [2.45, 2.75) is 6.92 Å². The zero-order valence-electron chi connectivity index (χ0n) is 20.9. The average Bonchev–Trinajstić information content (AvgIpc) is 2.97. The molecule has 0 saturated carbocycles. The number of hydrogen-bond acceptors (Lipinski definition) is 1. The molecule has 0 saturated heterocycles. The molecule has 2 heteroatoms. The summed E-state index contributed by atoms with van der Waals surface area (Å²) >= 11 is 0. The number of carbonyl (C=O) groups excluding carboxylic acids is 1. The smallest absolute Gasteiger partial charge is 0.187 e. The van der Waals surface area contributed by atoms with Gasteiger partial charge in [-0.15, -0.1) is 0 Å². The van der Waals surface area contributed by atoms with Gasteiger partial charge in [-0.05, 0) is 46.9 Å². The molecule has 0 aliphatic heterocycles. The highest BCUT2D eigenvalue weighted by Crippen LogP contribution is 2.48. The van der Waals surface area contributed by atoms with Gasteiger partial charge in [-0.25, -0.2) is 0 Å². The summed E-state index contributed by atoms with van der Waals surface area (Å²) in [7, 11) is 0. The highest BCUT2D eigenvalue weighted by atomic mass is 31.2. The van der Waals surface area contributed by atoms with Crippen LogP contribution in [0.3, 0.4) is 0 Å². The Morgan fingerprint density at radius 3 is 1.38 bits per heavy atom. The van der Waals surface area contributed by atoms with Crippen molar-refractivity contribution < 1.29 is 4.79 Å². The van der Waals surface area contributed by atoms with Gasteiger partial charge in [-0.2, -0.15) is 0 Å². The van der Waals surface area contributed by atoms with E-state index >= 15 is 0 Å². The first-order valence-corrected chi connectivity index (χ1v) is 14.3. The maximum Gasteiger partial charge on any atom is 0.187 e. The van der Waals surface area contributed by atoms with Gasteiger partial charge >= 0.3 is 0 Å². The SMILES string of the molecule is Cc1ccc(/C=C/C(=O)C(c2ccccc2)=P(c2ccccc2)(c2ccccc2)c2ccccc2)cc1. The van der Waals surface area contributed by atoms with Gasteiger partial charge in [-0.3, -0.25) is 4.79 Å². The van der Waals surface area contributed by atoms with Crippen LogP contribution >= 0.6 is 6.89 Å². The van der Waals surface area contributed by atoms with Crippen molar-refractivity contribution >= 4 is 40.0 Å². The molecular formula is C35H29OP. The van der Waals surface area contributed by atoms with E-state index in [1.807, 2.05) is 42.5 Å². The number of aryl methyl sites for hydroxylation is 1. The van der Waals surface area contributed by atoms with Crippen molar-refractivity contribution in [1.29, 1.82) is 0 Å². The fourth-order valence-corrected chi connectivity index (χ4v) is 9.28. The van der Waals surface area contributed by atoms with Gasteiger partial charge in [0.1, 0.15) is 0 Å². The van der Waals surface area contributed by atoms with Crippen molar-refractivity contribution in [3.05, 3.63) is 168 Å². The molecule has 5 aromatic carbocycles. The van der Waals surface area contributed by atoms with Crippen LogP contribution < -0.4 is 15.9 Å². The first kappa shape index (κ1) is 24.5. The Hall–Kier alpha value is -4.19. The minimum absolute atomic E-state index is 0.0247. The average molecular weight is 497 g/mol. The van der Waals surface area contributed by atoms with E-state index in [2.05, 4.69) is 116 Å². The number of benzene rings is 5. The monoisotopic (exact) mass is 496 g/mol. The second kappa shape index (κ2) is 11.2. The summed E-state index contributed by atoms with van der Waals surface area (Å²) in [5.41, 5.74) is 3.16. The van der Waals surface area contributed by atoms with Gasteiger partial charge < -0.3 is 0 Å². The number of ketones is 1. The molecule has 0 amide bonds. The summed E-state index contributed by atoms with van der Waals surface area (Å²) in [6, 6.07) is 50.0. The maximum atomic E-state index is 14.5. The second-order valence-corrected chi connectivity index (χ2v) is 12.3. The molecule has 0 atom stereocenters. The molecule has 5 rings (SSSR count). The topological polar surface area (TPSA) is 17.1 Å². The van der Waals surface area contributed by atoms with E-state index in [9.17, 15) is 4.79 Å². The van der Waals surface area contributed by atoms with Crippen LogP contribution in [-0.2, 0) is 4.79 Å². The standard InChI is InChI=1S/C35H29OP/c1-28-22-24-29(25-23-28)26-27-34(36)35(30-14-6-2-7-15-30)37(31-16-8-3-9-17-31,32-18-10-4-11-19-32)33-20-12-5-13-21-33/h2-27H,1H3/b27-26+. The van der Waals surface area contributed by atoms with Gasteiger partial charge in [0.05, 0.1) is 0 Å². The normalized spacial score (nSPS) is 11.4. The number of allylic oxidation sites excluding steroid dienone is 1. The molecule has 0 N–H and O–H groups in total. The molecule has 0 fully saturated rings. The van der Waals surface area contributed by atoms with Crippen molar-refractivity contribution in [3.8, 4) is 0 Å². The van der Waals surface area contributed by atoms with Crippen LogP contribution in [0, 0.1) is 6.92 Å². The Morgan fingerprint density at radius 2 is 0.946 bits per heavy atom. The lowest BCUT2D eigenvalue weighted by atomic mass is 10.1. The van der Waals surface area contributed by atoms with Crippen LogP contribution in [0.4, 0.5) is 0 Å². The zero-order chi connectivity index (χ0) is 25.5. The summed E-state index contributed by atoms with van der Waals surface area (Å²) in [4.78, 5) is 14.5. The first-order valence-electron chi connectivity index (χ1n) is 12.5. The van der Waals surface area contributed by atoms with Crippen molar-refractivity contribution in [1.82, 2.24) is 0 Å². The van der Waals surface area contributed by atoms with Crippen LogP contribution in [0.15, 0.2) is 152 Å². The van der Waals surface area contributed by atoms with E-state index in [-0.39, 0.29) is 5.78 Å². The van der Waals surface area contributed by atoms with Crippen LogP contribution in [-0.4, -0.2) is 11.1 Å². The lowest BCUT2D eigenvalue weighted by Crippen LogP contribution is -2.33. The van der Waals surface area contributed by atoms with Crippen LogP contribution in [0.1, 0.15) is 16.7 Å². The summed E-state index contributed by atoms with van der Waals surface area (Å²) in [5, 5.41) is 4.30. The Bertz CT molecular complexity index is 1450. The summed E-state index contributed by atoms with van der Waals surface area (Å²) in [6.07, 6.45) is 3.68. The highest BCUT2D eigenvalue weighted by molar-refractivity contribution is 7.96. The molecule has 37 heavy (non-hydrogen) atoms. The minimum atomic E-state index is -2.55.